The molecule has 55 valence electrons. The number of hydrogen-bond donors (Lipinski definition) is 1. The van der Waals surface area contributed by atoms with Crippen LogP contribution >= 0.6 is 0 Å². The highest BCUT2D eigenvalue weighted by Gasteiger charge is 2.13. The van der Waals surface area contributed by atoms with Gasteiger partial charge >= 0.3 is 0 Å². The minimum atomic E-state index is 0.183. The van der Waals surface area contributed by atoms with Crippen LogP contribution in [0.1, 0.15) is 33.1 Å². The van der Waals surface area contributed by atoms with E-state index in [1.54, 1.807) is 0 Å². The van der Waals surface area contributed by atoms with Crippen molar-refractivity contribution in [1.29, 1.82) is 0 Å². The summed E-state index contributed by atoms with van der Waals surface area (Å²) in [5.41, 5.74) is 0.183. The van der Waals surface area contributed by atoms with Gasteiger partial charge in [0.05, 0.1) is 0 Å². The van der Waals surface area contributed by atoms with Crippen LogP contribution in [0.25, 0.3) is 0 Å². The van der Waals surface area contributed by atoms with Gasteiger partial charge in [-0.05, 0) is 25.2 Å². The van der Waals surface area contributed by atoms with E-state index in [1.165, 1.54) is 0 Å². The van der Waals surface area contributed by atoms with E-state index in [0.29, 0.717) is 6.61 Å². The monoisotopic (exact) mass is 129 g/mol. The van der Waals surface area contributed by atoms with Crippen LogP contribution in [0, 0.1) is 12.3 Å². The molecular weight excluding hydrogens is 112 g/mol. The summed E-state index contributed by atoms with van der Waals surface area (Å²) >= 11 is 0. The fourth-order valence-electron chi connectivity index (χ4n) is 0.683. The van der Waals surface area contributed by atoms with Gasteiger partial charge in [-0.15, -0.1) is 0 Å². The zero-order valence-corrected chi connectivity index (χ0v) is 6.48. The van der Waals surface area contributed by atoms with Gasteiger partial charge < -0.3 is 5.11 Å². The molecule has 0 bridgehead atoms. The summed E-state index contributed by atoms with van der Waals surface area (Å²) in [5, 5.41) is 8.50. The standard InChI is InChI=1S/C8H17O/c1-4-8(2,3)6-5-7-9/h9H,2,4-7H2,1,3H3. The molecule has 1 radical (unpaired) electrons. The van der Waals surface area contributed by atoms with Crippen molar-refractivity contribution in [3.63, 3.8) is 0 Å². The quantitative estimate of drug-likeness (QED) is 0.615. The number of hydrogen-bond acceptors (Lipinski definition) is 1. The van der Waals surface area contributed by atoms with Crippen LogP contribution in [0.2, 0.25) is 0 Å². The van der Waals surface area contributed by atoms with Gasteiger partial charge in [-0.25, -0.2) is 0 Å². The van der Waals surface area contributed by atoms with E-state index >= 15 is 0 Å². The topological polar surface area (TPSA) is 20.2 Å². The molecule has 0 saturated carbocycles. The lowest BCUT2D eigenvalue weighted by atomic mass is 9.85. The summed E-state index contributed by atoms with van der Waals surface area (Å²) in [7, 11) is 0. The number of rotatable bonds is 4. The van der Waals surface area contributed by atoms with Crippen LogP contribution in [0.15, 0.2) is 0 Å². The first-order chi connectivity index (χ1) is 4.12. The van der Waals surface area contributed by atoms with Gasteiger partial charge in [0.15, 0.2) is 0 Å². The summed E-state index contributed by atoms with van der Waals surface area (Å²) in [6, 6.07) is 0. The minimum Gasteiger partial charge on any atom is -0.396 e. The van der Waals surface area contributed by atoms with Gasteiger partial charge in [-0.2, -0.15) is 0 Å². The first-order valence-electron chi connectivity index (χ1n) is 3.58. The summed E-state index contributed by atoms with van der Waals surface area (Å²) in [6.07, 6.45) is 3.00. The van der Waals surface area contributed by atoms with Crippen molar-refractivity contribution < 1.29 is 5.11 Å². The van der Waals surface area contributed by atoms with Gasteiger partial charge in [0.2, 0.25) is 0 Å². The molecule has 1 heteroatoms. The van der Waals surface area contributed by atoms with E-state index in [4.69, 9.17) is 5.11 Å². The Bertz CT molecular complexity index is 67.0. The summed E-state index contributed by atoms with van der Waals surface area (Å²) < 4.78 is 0. The molecule has 1 atom stereocenters. The maximum atomic E-state index is 8.50. The van der Waals surface area contributed by atoms with Crippen LogP contribution in [-0.2, 0) is 0 Å². The Labute approximate surface area is 58.1 Å². The highest BCUT2D eigenvalue weighted by molar-refractivity contribution is 4.74. The third kappa shape index (κ3) is 4.46. The molecule has 1 N–H and O–H groups in total. The van der Waals surface area contributed by atoms with Gasteiger partial charge in [0.25, 0.3) is 0 Å². The molecule has 9 heavy (non-hydrogen) atoms. The van der Waals surface area contributed by atoms with Gasteiger partial charge in [0, 0.05) is 6.61 Å². The van der Waals surface area contributed by atoms with E-state index in [1.807, 2.05) is 0 Å². The zero-order valence-electron chi connectivity index (χ0n) is 6.48. The predicted octanol–water partition coefficient (Wildman–Crippen LogP) is 2.01. The van der Waals surface area contributed by atoms with Crippen molar-refractivity contribution in [1.82, 2.24) is 0 Å². The van der Waals surface area contributed by atoms with Crippen molar-refractivity contribution in [3.05, 3.63) is 6.92 Å². The van der Waals surface area contributed by atoms with Crippen LogP contribution in [0.3, 0.4) is 0 Å². The molecule has 0 amide bonds. The van der Waals surface area contributed by atoms with Crippen LogP contribution < -0.4 is 0 Å². The molecule has 0 aliphatic rings. The van der Waals surface area contributed by atoms with Gasteiger partial charge in [0.1, 0.15) is 0 Å². The first-order valence-corrected chi connectivity index (χ1v) is 3.58. The molecule has 0 heterocycles. The fourth-order valence-corrected chi connectivity index (χ4v) is 0.683. The Morgan fingerprint density at radius 1 is 1.56 bits per heavy atom. The Morgan fingerprint density at radius 3 is 2.44 bits per heavy atom. The van der Waals surface area contributed by atoms with E-state index in [-0.39, 0.29) is 5.41 Å². The lowest BCUT2D eigenvalue weighted by Gasteiger charge is -2.21. The molecule has 0 rings (SSSR count). The largest absolute Gasteiger partial charge is 0.396 e. The zero-order chi connectivity index (χ0) is 7.33. The Hall–Kier alpha value is -0.0400. The second-order valence-electron chi connectivity index (χ2n) is 2.99. The second-order valence-corrected chi connectivity index (χ2v) is 2.99. The minimum absolute atomic E-state index is 0.183. The molecule has 1 unspecified atom stereocenters. The SMILES string of the molecule is [CH2]C(C)(CC)CCCO. The average molecular weight is 129 g/mol. The van der Waals surface area contributed by atoms with Crippen LogP contribution in [-0.4, -0.2) is 11.7 Å². The van der Waals surface area contributed by atoms with Crippen molar-refractivity contribution in [2.75, 3.05) is 6.61 Å². The molecular formula is C8H17O. The smallest absolute Gasteiger partial charge is 0.0431 e. The van der Waals surface area contributed by atoms with Crippen molar-refractivity contribution in [2.45, 2.75) is 33.1 Å². The van der Waals surface area contributed by atoms with E-state index in [2.05, 4.69) is 20.8 Å². The van der Waals surface area contributed by atoms with E-state index < -0.39 is 0 Å². The molecule has 0 aromatic heterocycles. The average Bonchev–Trinajstić information content (AvgIpc) is 1.84. The number of aliphatic hydroxyl groups excluding tert-OH is 1. The van der Waals surface area contributed by atoms with E-state index in [0.717, 1.165) is 19.3 Å². The molecule has 0 aliphatic carbocycles. The Kier molecular flexibility index (Phi) is 3.87. The maximum absolute atomic E-state index is 8.50. The summed E-state index contributed by atoms with van der Waals surface area (Å²) in [4.78, 5) is 0. The lowest BCUT2D eigenvalue weighted by Crippen LogP contribution is -2.10. The normalized spacial score (nSPS) is 12.0. The second kappa shape index (κ2) is 3.89. The highest BCUT2D eigenvalue weighted by atomic mass is 16.2. The lowest BCUT2D eigenvalue weighted by molar-refractivity contribution is 0.252. The third-order valence-corrected chi connectivity index (χ3v) is 1.79. The van der Waals surface area contributed by atoms with Crippen LogP contribution in [0.4, 0.5) is 0 Å². The molecule has 0 aromatic carbocycles. The third-order valence-electron chi connectivity index (χ3n) is 1.79. The molecule has 1 nitrogen and oxygen atoms in total. The van der Waals surface area contributed by atoms with Crippen molar-refractivity contribution in [3.8, 4) is 0 Å². The molecule has 0 fully saturated rings. The molecule has 0 spiro atoms. The Morgan fingerprint density at radius 2 is 2.11 bits per heavy atom. The maximum Gasteiger partial charge on any atom is 0.0431 e. The van der Waals surface area contributed by atoms with E-state index in [9.17, 15) is 0 Å². The van der Waals surface area contributed by atoms with Crippen molar-refractivity contribution >= 4 is 0 Å². The van der Waals surface area contributed by atoms with Gasteiger partial charge in [-0.3, -0.25) is 0 Å². The molecule has 0 saturated heterocycles. The summed E-state index contributed by atoms with van der Waals surface area (Å²) in [6.45, 7) is 8.57. The van der Waals surface area contributed by atoms with Crippen LogP contribution in [0.5, 0.6) is 0 Å². The fraction of sp³-hybridized carbons (Fsp3) is 0.875. The van der Waals surface area contributed by atoms with Crippen molar-refractivity contribution in [2.24, 2.45) is 5.41 Å². The van der Waals surface area contributed by atoms with Gasteiger partial charge in [-0.1, -0.05) is 20.3 Å². The predicted molar refractivity (Wildman–Crippen MR) is 40.1 cm³/mol. The molecule has 0 aromatic rings. The number of aliphatic hydroxyl groups is 1. The molecule has 0 aliphatic heterocycles. The highest BCUT2D eigenvalue weighted by Crippen LogP contribution is 2.24. The summed E-state index contributed by atoms with van der Waals surface area (Å²) in [5.74, 6) is 0. The Balaban J connectivity index is 3.33. The first kappa shape index (κ1) is 8.96.